The first-order valence-electron chi connectivity index (χ1n) is 9.44. The highest BCUT2D eigenvalue weighted by atomic mass is 16.7. The van der Waals surface area contributed by atoms with Gasteiger partial charge in [-0.25, -0.2) is 9.59 Å². The number of hydrogen-bond acceptors (Lipinski definition) is 6. The Labute approximate surface area is 159 Å². The summed E-state index contributed by atoms with van der Waals surface area (Å²) >= 11 is 0. The van der Waals surface area contributed by atoms with Gasteiger partial charge in [0.05, 0.1) is 12.2 Å². The van der Waals surface area contributed by atoms with E-state index < -0.39 is 24.3 Å². The second-order valence-corrected chi connectivity index (χ2v) is 6.50. The molecule has 1 unspecified atom stereocenters. The Balaban J connectivity index is 1.89. The highest BCUT2D eigenvalue weighted by Crippen LogP contribution is 2.22. The van der Waals surface area contributed by atoms with Crippen molar-refractivity contribution in [2.45, 2.75) is 51.7 Å². The standard InChI is InChI=1S/C20H27NO6/c1-2-25-17(22)13-18(26-19(23)16-11-7-4-8-12-16)27-20(24)21-14-15-9-5-3-6-10-15/h4,7-8,11-12,15,18H,2-3,5-6,9-10,13-14H2,1H3,(H,21,24). The molecule has 0 radical (unpaired) electrons. The van der Waals surface area contributed by atoms with Crippen LogP contribution in [-0.2, 0) is 19.0 Å². The molecule has 2 rings (SSSR count). The number of rotatable bonds is 8. The van der Waals surface area contributed by atoms with Crippen molar-refractivity contribution in [3.63, 3.8) is 0 Å². The summed E-state index contributed by atoms with van der Waals surface area (Å²) in [6.45, 7) is 2.37. The van der Waals surface area contributed by atoms with Gasteiger partial charge in [0.2, 0.25) is 0 Å². The lowest BCUT2D eigenvalue weighted by Crippen LogP contribution is -2.36. The first kappa shape index (κ1) is 20.7. The molecule has 7 nitrogen and oxygen atoms in total. The minimum absolute atomic E-state index is 0.187. The molecule has 0 bridgehead atoms. The van der Waals surface area contributed by atoms with Gasteiger partial charge in [-0.05, 0) is 37.8 Å². The lowest BCUT2D eigenvalue weighted by Gasteiger charge is -2.22. The van der Waals surface area contributed by atoms with Gasteiger partial charge in [0.1, 0.15) is 6.42 Å². The fourth-order valence-electron chi connectivity index (χ4n) is 3.01. The van der Waals surface area contributed by atoms with Crippen LogP contribution in [-0.4, -0.2) is 37.5 Å². The molecule has 0 saturated heterocycles. The smallest absolute Gasteiger partial charge is 0.410 e. The Bertz CT molecular complexity index is 612. The molecule has 0 spiro atoms. The van der Waals surface area contributed by atoms with E-state index in [2.05, 4.69) is 5.32 Å². The first-order valence-corrected chi connectivity index (χ1v) is 9.44. The highest BCUT2D eigenvalue weighted by molar-refractivity contribution is 5.89. The quantitative estimate of drug-likeness (QED) is 0.551. The number of carbonyl (C=O) groups excluding carboxylic acids is 3. The van der Waals surface area contributed by atoms with E-state index in [-0.39, 0.29) is 13.0 Å². The number of esters is 2. The predicted molar refractivity (Wildman–Crippen MR) is 98.0 cm³/mol. The van der Waals surface area contributed by atoms with Crippen molar-refractivity contribution >= 4 is 18.0 Å². The van der Waals surface area contributed by atoms with Crippen molar-refractivity contribution in [3.05, 3.63) is 35.9 Å². The van der Waals surface area contributed by atoms with Crippen molar-refractivity contribution in [1.29, 1.82) is 0 Å². The van der Waals surface area contributed by atoms with E-state index in [1.807, 2.05) is 0 Å². The third-order valence-corrected chi connectivity index (χ3v) is 4.38. The first-order chi connectivity index (χ1) is 13.1. The maximum absolute atomic E-state index is 12.2. The summed E-state index contributed by atoms with van der Waals surface area (Å²) in [6.07, 6.45) is 3.31. The predicted octanol–water partition coefficient (Wildman–Crippen LogP) is 3.43. The Morgan fingerprint density at radius 1 is 1.07 bits per heavy atom. The molecule has 0 aliphatic heterocycles. The Hall–Kier alpha value is -2.57. The molecule has 7 heteroatoms. The minimum Gasteiger partial charge on any atom is -0.466 e. The maximum atomic E-state index is 12.2. The number of benzene rings is 1. The molecule has 1 amide bonds. The topological polar surface area (TPSA) is 90.9 Å². The number of carbonyl (C=O) groups is 3. The SMILES string of the molecule is CCOC(=O)CC(OC(=O)NCC1CCCCC1)OC(=O)c1ccccc1. The normalized spacial score (nSPS) is 15.4. The van der Waals surface area contributed by atoms with Crippen LogP contribution in [0.25, 0.3) is 0 Å². The minimum atomic E-state index is -1.34. The van der Waals surface area contributed by atoms with E-state index in [9.17, 15) is 14.4 Å². The second-order valence-electron chi connectivity index (χ2n) is 6.50. The summed E-state index contributed by atoms with van der Waals surface area (Å²) in [5.41, 5.74) is 0.303. The van der Waals surface area contributed by atoms with E-state index in [0.29, 0.717) is 18.0 Å². The summed E-state index contributed by atoms with van der Waals surface area (Å²) in [7, 11) is 0. The van der Waals surface area contributed by atoms with E-state index in [1.54, 1.807) is 37.3 Å². The molecule has 1 saturated carbocycles. The maximum Gasteiger partial charge on any atom is 0.410 e. The van der Waals surface area contributed by atoms with Gasteiger partial charge in [-0.3, -0.25) is 4.79 Å². The summed E-state index contributed by atoms with van der Waals surface area (Å²) in [5, 5.41) is 2.70. The van der Waals surface area contributed by atoms with Crippen molar-refractivity contribution in [2.24, 2.45) is 5.92 Å². The van der Waals surface area contributed by atoms with E-state index >= 15 is 0 Å². The molecule has 1 aromatic rings. The van der Waals surface area contributed by atoms with Crippen molar-refractivity contribution in [3.8, 4) is 0 Å². The summed E-state index contributed by atoms with van der Waals surface area (Å²) in [6, 6.07) is 8.30. The molecule has 27 heavy (non-hydrogen) atoms. The van der Waals surface area contributed by atoms with Gasteiger partial charge in [-0.15, -0.1) is 0 Å². The zero-order valence-corrected chi connectivity index (χ0v) is 15.6. The molecule has 1 aromatic carbocycles. The van der Waals surface area contributed by atoms with Crippen LogP contribution in [0, 0.1) is 5.92 Å². The zero-order chi connectivity index (χ0) is 19.5. The van der Waals surface area contributed by atoms with Crippen LogP contribution in [0.3, 0.4) is 0 Å². The average molecular weight is 377 g/mol. The molecule has 148 valence electrons. The lowest BCUT2D eigenvalue weighted by molar-refractivity contribution is -0.152. The van der Waals surface area contributed by atoms with Crippen LogP contribution in [0.5, 0.6) is 0 Å². The largest absolute Gasteiger partial charge is 0.466 e. The molecular formula is C20H27NO6. The van der Waals surface area contributed by atoms with Gasteiger partial charge in [0, 0.05) is 6.54 Å². The molecule has 1 fully saturated rings. The summed E-state index contributed by atoms with van der Waals surface area (Å²) in [5.74, 6) is -0.852. The Morgan fingerprint density at radius 3 is 2.44 bits per heavy atom. The van der Waals surface area contributed by atoms with Gasteiger partial charge in [0.25, 0.3) is 6.29 Å². The number of hydrogen-bond donors (Lipinski definition) is 1. The Kier molecular flexibility index (Phi) is 8.61. The molecular weight excluding hydrogens is 350 g/mol. The molecule has 1 aliphatic rings. The highest BCUT2D eigenvalue weighted by Gasteiger charge is 2.24. The van der Waals surface area contributed by atoms with Crippen molar-refractivity contribution in [2.75, 3.05) is 13.2 Å². The number of nitrogens with one attached hydrogen (secondary N) is 1. The average Bonchev–Trinajstić information content (AvgIpc) is 2.68. The van der Waals surface area contributed by atoms with Crippen LogP contribution in [0.15, 0.2) is 30.3 Å². The third kappa shape index (κ3) is 7.68. The third-order valence-electron chi connectivity index (χ3n) is 4.38. The molecule has 1 aliphatic carbocycles. The Morgan fingerprint density at radius 2 is 1.78 bits per heavy atom. The number of amides is 1. The van der Waals surface area contributed by atoms with E-state index in [4.69, 9.17) is 14.2 Å². The van der Waals surface area contributed by atoms with Gasteiger partial charge < -0.3 is 19.5 Å². The zero-order valence-electron chi connectivity index (χ0n) is 15.6. The van der Waals surface area contributed by atoms with Crippen LogP contribution in [0.1, 0.15) is 55.8 Å². The van der Waals surface area contributed by atoms with Gasteiger partial charge in [0.15, 0.2) is 0 Å². The van der Waals surface area contributed by atoms with Crippen LogP contribution >= 0.6 is 0 Å². The molecule has 1 N–H and O–H groups in total. The lowest BCUT2D eigenvalue weighted by atomic mass is 9.89. The van der Waals surface area contributed by atoms with E-state index in [1.165, 1.54) is 19.3 Å². The van der Waals surface area contributed by atoms with Crippen molar-refractivity contribution in [1.82, 2.24) is 5.32 Å². The number of alkyl carbamates (subject to hydrolysis) is 1. The molecule has 0 aromatic heterocycles. The van der Waals surface area contributed by atoms with Crippen LogP contribution in [0.2, 0.25) is 0 Å². The van der Waals surface area contributed by atoms with Gasteiger partial charge >= 0.3 is 18.0 Å². The van der Waals surface area contributed by atoms with Gasteiger partial charge in [-0.2, -0.15) is 0 Å². The van der Waals surface area contributed by atoms with Crippen LogP contribution < -0.4 is 5.32 Å². The number of ether oxygens (including phenoxy) is 3. The fourth-order valence-corrected chi connectivity index (χ4v) is 3.01. The summed E-state index contributed by atoms with van der Waals surface area (Å²) in [4.78, 5) is 36.0. The van der Waals surface area contributed by atoms with E-state index in [0.717, 1.165) is 12.8 Å². The van der Waals surface area contributed by atoms with Crippen LogP contribution in [0.4, 0.5) is 4.79 Å². The molecule has 0 heterocycles. The second kappa shape index (κ2) is 11.2. The fraction of sp³-hybridized carbons (Fsp3) is 0.550. The van der Waals surface area contributed by atoms with Gasteiger partial charge in [-0.1, -0.05) is 37.5 Å². The summed E-state index contributed by atoms with van der Waals surface area (Å²) < 4.78 is 15.2. The monoisotopic (exact) mass is 377 g/mol. The molecule has 1 atom stereocenters. The van der Waals surface area contributed by atoms with Crippen molar-refractivity contribution < 1.29 is 28.6 Å².